The summed E-state index contributed by atoms with van der Waals surface area (Å²) in [5.74, 6) is 0.265. The monoisotopic (exact) mass is 473 g/mol. The number of para-hydroxylation sites is 1. The van der Waals surface area contributed by atoms with E-state index >= 15 is 0 Å². The van der Waals surface area contributed by atoms with Crippen molar-refractivity contribution in [3.05, 3.63) is 60.2 Å². The Labute approximate surface area is 194 Å². The molecule has 1 fully saturated rings. The number of carbonyl (C=O) groups is 1. The van der Waals surface area contributed by atoms with Crippen molar-refractivity contribution < 1.29 is 17.9 Å². The third-order valence-electron chi connectivity index (χ3n) is 5.10. The molecule has 2 aromatic rings. The van der Waals surface area contributed by atoms with Gasteiger partial charge in [-0.3, -0.25) is 10.1 Å². The van der Waals surface area contributed by atoms with Gasteiger partial charge in [-0.05, 0) is 61.5 Å². The Morgan fingerprint density at radius 3 is 2.34 bits per heavy atom. The molecular weight excluding hydrogens is 446 g/mol. The summed E-state index contributed by atoms with van der Waals surface area (Å²) in [4.78, 5) is 12.4. The first kappa shape index (κ1) is 23.9. The van der Waals surface area contributed by atoms with Crippen LogP contribution in [0.25, 0.3) is 6.08 Å². The fourth-order valence-corrected chi connectivity index (χ4v) is 5.16. The number of anilines is 1. The minimum atomic E-state index is -3.51. The molecule has 1 aliphatic heterocycles. The molecular formula is C23H27N3O4S2. The van der Waals surface area contributed by atoms with Crippen molar-refractivity contribution in [2.75, 3.05) is 25.5 Å². The first-order valence-corrected chi connectivity index (χ1v) is 12.3. The van der Waals surface area contributed by atoms with Crippen molar-refractivity contribution in [1.29, 1.82) is 0 Å². The summed E-state index contributed by atoms with van der Waals surface area (Å²) in [5, 5.41) is 5.57. The van der Waals surface area contributed by atoms with Gasteiger partial charge in [0.25, 0.3) is 0 Å². The van der Waals surface area contributed by atoms with E-state index in [1.165, 1.54) is 6.08 Å². The zero-order valence-corrected chi connectivity index (χ0v) is 19.5. The van der Waals surface area contributed by atoms with Gasteiger partial charge in [-0.2, -0.15) is 4.31 Å². The van der Waals surface area contributed by atoms with Crippen LogP contribution in [0.2, 0.25) is 0 Å². The van der Waals surface area contributed by atoms with Gasteiger partial charge >= 0.3 is 0 Å². The van der Waals surface area contributed by atoms with E-state index < -0.39 is 15.9 Å². The molecule has 0 radical (unpaired) electrons. The molecule has 32 heavy (non-hydrogen) atoms. The molecule has 170 valence electrons. The maximum Gasteiger partial charge on any atom is 0.250 e. The lowest BCUT2D eigenvalue weighted by Crippen LogP contribution is -2.33. The summed E-state index contributed by atoms with van der Waals surface area (Å²) in [6.07, 6.45) is 6.90. The van der Waals surface area contributed by atoms with Crippen molar-refractivity contribution in [3.8, 4) is 5.75 Å². The van der Waals surface area contributed by atoms with Crippen LogP contribution in [0.1, 0.15) is 31.2 Å². The number of benzene rings is 2. The maximum atomic E-state index is 12.9. The Hall–Kier alpha value is -2.75. The van der Waals surface area contributed by atoms with E-state index in [4.69, 9.17) is 17.0 Å². The molecule has 1 saturated heterocycles. The van der Waals surface area contributed by atoms with Gasteiger partial charge in [-0.15, -0.1) is 0 Å². The van der Waals surface area contributed by atoms with Crippen LogP contribution in [-0.2, 0) is 14.8 Å². The first-order chi connectivity index (χ1) is 15.4. The average molecular weight is 474 g/mol. The van der Waals surface area contributed by atoms with Gasteiger partial charge in [0, 0.05) is 30.4 Å². The SMILES string of the molecule is COc1ccccc1C=CC(=O)NC(=S)Nc1ccc(S(=O)(=O)N2CCCCCC2)cc1. The number of carbonyl (C=O) groups excluding carboxylic acids is 1. The third kappa shape index (κ3) is 6.38. The Morgan fingerprint density at radius 2 is 1.69 bits per heavy atom. The molecule has 1 heterocycles. The normalized spacial score (nSPS) is 15.2. The second-order valence-electron chi connectivity index (χ2n) is 7.36. The fraction of sp³-hybridized carbons (Fsp3) is 0.304. The predicted octanol–water partition coefficient (Wildman–Crippen LogP) is 3.79. The highest BCUT2D eigenvalue weighted by Gasteiger charge is 2.24. The topological polar surface area (TPSA) is 87.7 Å². The van der Waals surface area contributed by atoms with Crippen molar-refractivity contribution >= 4 is 45.0 Å². The number of nitrogens with one attached hydrogen (secondary N) is 2. The first-order valence-electron chi connectivity index (χ1n) is 10.4. The molecule has 0 bridgehead atoms. The Kier molecular flexibility index (Phi) is 8.38. The van der Waals surface area contributed by atoms with Crippen molar-refractivity contribution in [3.63, 3.8) is 0 Å². The van der Waals surface area contributed by atoms with E-state index in [-0.39, 0.29) is 10.0 Å². The molecule has 0 spiro atoms. The number of amides is 1. The van der Waals surface area contributed by atoms with E-state index in [1.807, 2.05) is 18.2 Å². The molecule has 0 unspecified atom stereocenters. The summed E-state index contributed by atoms with van der Waals surface area (Å²) in [5.41, 5.74) is 1.35. The lowest BCUT2D eigenvalue weighted by molar-refractivity contribution is -0.115. The predicted molar refractivity (Wildman–Crippen MR) is 130 cm³/mol. The fourth-order valence-electron chi connectivity index (χ4n) is 3.43. The van der Waals surface area contributed by atoms with Gasteiger partial charge in [0.1, 0.15) is 5.75 Å². The van der Waals surface area contributed by atoms with E-state index in [2.05, 4.69) is 10.6 Å². The number of rotatable bonds is 6. The molecule has 3 rings (SSSR count). The molecule has 9 heteroatoms. The van der Waals surface area contributed by atoms with Crippen LogP contribution in [0.15, 0.2) is 59.5 Å². The molecule has 0 aromatic heterocycles. The van der Waals surface area contributed by atoms with Crippen LogP contribution in [0.3, 0.4) is 0 Å². The highest BCUT2D eigenvalue weighted by Crippen LogP contribution is 2.22. The quantitative estimate of drug-likeness (QED) is 0.490. The van der Waals surface area contributed by atoms with Gasteiger partial charge in [0.2, 0.25) is 15.9 Å². The van der Waals surface area contributed by atoms with E-state index in [1.54, 1.807) is 47.8 Å². The summed E-state index contributed by atoms with van der Waals surface area (Å²) in [6, 6.07) is 13.7. The van der Waals surface area contributed by atoms with E-state index in [9.17, 15) is 13.2 Å². The molecule has 0 atom stereocenters. The summed E-state index contributed by atoms with van der Waals surface area (Å²) in [6.45, 7) is 1.11. The van der Waals surface area contributed by atoms with Crippen LogP contribution in [0.5, 0.6) is 5.75 Å². The second-order valence-corrected chi connectivity index (χ2v) is 9.71. The number of hydrogen-bond donors (Lipinski definition) is 2. The maximum absolute atomic E-state index is 12.9. The second kappa shape index (κ2) is 11.2. The van der Waals surface area contributed by atoms with Gasteiger partial charge in [-0.1, -0.05) is 31.0 Å². The highest BCUT2D eigenvalue weighted by atomic mass is 32.2. The van der Waals surface area contributed by atoms with Crippen LogP contribution < -0.4 is 15.4 Å². The van der Waals surface area contributed by atoms with E-state index in [0.717, 1.165) is 31.2 Å². The molecule has 7 nitrogen and oxygen atoms in total. The summed E-state index contributed by atoms with van der Waals surface area (Å²) in [7, 11) is -1.94. The van der Waals surface area contributed by atoms with Crippen molar-refractivity contribution in [2.45, 2.75) is 30.6 Å². The minimum Gasteiger partial charge on any atom is -0.496 e. The summed E-state index contributed by atoms with van der Waals surface area (Å²) >= 11 is 5.19. The minimum absolute atomic E-state index is 0.114. The summed E-state index contributed by atoms with van der Waals surface area (Å²) < 4.78 is 32.5. The molecule has 2 N–H and O–H groups in total. The molecule has 0 saturated carbocycles. The largest absolute Gasteiger partial charge is 0.496 e. The van der Waals surface area contributed by atoms with Crippen LogP contribution in [0, 0.1) is 0 Å². The number of ether oxygens (including phenoxy) is 1. The third-order valence-corrected chi connectivity index (χ3v) is 7.22. The number of methoxy groups -OCH3 is 1. The average Bonchev–Trinajstić information content (AvgIpc) is 3.08. The zero-order chi connectivity index (χ0) is 23.0. The van der Waals surface area contributed by atoms with Gasteiger partial charge in [0.05, 0.1) is 12.0 Å². The lowest BCUT2D eigenvalue weighted by atomic mass is 10.2. The number of sulfonamides is 1. The molecule has 1 aliphatic rings. The number of thiocarbonyl (C=S) groups is 1. The Balaban J connectivity index is 1.57. The smallest absolute Gasteiger partial charge is 0.250 e. The van der Waals surface area contributed by atoms with Gasteiger partial charge < -0.3 is 10.1 Å². The molecule has 1 amide bonds. The zero-order valence-electron chi connectivity index (χ0n) is 17.9. The van der Waals surface area contributed by atoms with Crippen LogP contribution in [-0.4, -0.2) is 43.9 Å². The van der Waals surface area contributed by atoms with Gasteiger partial charge in [-0.25, -0.2) is 8.42 Å². The highest BCUT2D eigenvalue weighted by molar-refractivity contribution is 7.89. The Bertz CT molecular complexity index is 1070. The van der Waals surface area contributed by atoms with Crippen molar-refractivity contribution in [1.82, 2.24) is 9.62 Å². The van der Waals surface area contributed by atoms with Crippen molar-refractivity contribution in [2.24, 2.45) is 0 Å². The van der Waals surface area contributed by atoms with Crippen LogP contribution in [0.4, 0.5) is 5.69 Å². The standard InChI is InChI=1S/C23H27N3O4S2/c1-30-21-9-5-4-8-18(21)10-15-22(27)25-23(31)24-19-11-13-20(14-12-19)32(28,29)26-16-6-2-3-7-17-26/h4-5,8-15H,2-3,6-7,16-17H2,1H3,(H2,24,25,27,31). The van der Waals surface area contributed by atoms with Gasteiger partial charge in [0.15, 0.2) is 5.11 Å². The molecule has 2 aromatic carbocycles. The number of nitrogens with zero attached hydrogens (tertiary/aromatic N) is 1. The number of hydrogen-bond acceptors (Lipinski definition) is 5. The molecule has 0 aliphatic carbocycles. The lowest BCUT2D eigenvalue weighted by Gasteiger charge is -2.20. The van der Waals surface area contributed by atoms with Crippen LogP contribution >= 0.6 is 12.2 Å². The Morgan fingerprint density at radius 1 is 1.03 bits per heavy atom. The van der Waals surface area contributed by atoms with E-state index in [0.29, 0.717) is 24.5 Å².